The number of aliphatic hydroxyl groups is 1. The van der Waals surface area contributed by atoms with E-state index in [4.69, 9.17) is 13.7 Å². The molecule has 0 bridgehead atoms. The Bertz CT molecular complexity index is 573. The number of aliphatic hydroxyl groups excluding tert-OH is 1. The minimum absolute atomic E-state index is 0.0421. The average molecular weight is 344 g/mol. The molecule has 4 atom stereocenters. The number of ether oxygens (including phenoxy) is 2. The van der Waals surface area contributed by atoms with Gasteiger partial charge in [0.05, 0.1) is 19.0 Å². The Labute approximate surface area is 137 Å². The van der Waals surface area contributed by atoms with Crippen molar-refractivity contribution in [1.29, 1.82) is 0 Å². The third kappa shape index (κ3) is 5.54. The minimum atomic E-state index is -3.66. The standard InChI is InChI=1S/C16H24O6S/c1-3-4-10-13(17)15-14(22-23(2,18)19)11-20-16(21-15)12-8-6-5-7-9-12/h5-9,13-17H,3-4,10-11H2,1-2H3. The van der Waals surface area contributed by atoms with Crippen LogP contribution in [0.4, 0.5) is 0 Å². The minimum Gasteiger partial charge on any atom is -0.390 e. The van der Waals surface area contributed by atoms with Crippen LogP contribution < -0.4 is 0 Å². The predicted molar refractivity (Wildman–Crippen MR) is 85.3 cm³/mol. The van der Waals surface area contributed by atoms with Crippen LogP contribution in [0.15, 0.2) is 30.3 Å². The Morgan fingerprint density at radius 1 is 1.35 bits per heavy atom. The van der Waals surface area contributed by atoms with Crippen molar-refractivity contribution in [3.05, 3.63) is 35.9 Å². The molecule has 1 fully saturated rings. The summed E-state index contributed by atoms with van der Waals surface area (Å²) in [7, 11) is -3.66. The van der Waals surface area contributed by atoms with Gasteiger partial charge in [0, 0.05) is 5.56 Å². The summed E-state index contributed by atoms with van der Waals surface area (Å²) in [6.45, 7) is 2.06. The lowest BCUT2D eigenvalue weighted by atomic mass is 10.0. The van der Waals surface area contributed by atoms with Gasteiger partial charge in [0.1, 0.15) is 12.2 Å². The molecular weight excluding hydrogens is 320 g/mol. The smallest absolute Gasteiger partial charge is 0.264 e. The zero-order valence-electron chi connectivity index (χ0n) is 13.4. The van der Waals surface area contributed by atoms with Gasteiger partial charge in [-0.15, -0.1) is 0 Å². The van der Waals surface area contributed by atoms with Crippen molar-refractivity contribution >= 4 is 10.1 Å². The van der Waals surface area contributed by atoms with Crippen LogP contribution in [-0.2, 0) is 23.8 Å². The maximum Gasteiger partial charge on any atom is 0.264 e. The molecule has 1 heterocycles. The molecule has 1 N–H and O–H groups in total. The molecule has 0 aromatic heterocycles. The van der Waals surface area contributed by atoms with Crippen LogP contribution in [0.2, 0.25) is 0 Å². The first-order valence-corrected chi connectivity index (χ1v) is 9.60. The van der Waals surface area contributed by atoms with E-state index in [0.717, 1.165) is 24.7 Å². The molecule has 0 saturated carbocycles. The van der Waals surface area contributed by atoms with Gasteiger partial charge in [-0.1, -0.05) is 50.1 Å². The van der Waals surface area contributed by atoms with E-state index in [1.807, 2.05) is 37.3 Å². The molecule has 130 valence electrons. The second kappa shape index (κ2) is 8.21. The highest BCUT2D eigenvalue weighted by Crippen LogP contribution is 2.30. The fraction of sp³-hybridized carbons (Fsp3) is 0.625. The lowest BCUT2D eigenvalue weighted by Gasteiger charge is -2.38. The molecule has 1 aromatic rings. The lowest BCUT2D eigenvalue weighted by Crippen LogP contribution is -2.49. The topological polar surface area (TPSA) is 82.1 Å². The number of hydrogen-bond acceptors (Lipinski definition) is 6. The van der Waals surface area contributed by atoms with Crippen molar-refractivity contribution in [2.75, 3.05) is 12.9 Å². The van der Waals surface area contributed by atoms with Crippen LogP contribution in [0.3, 0.4) is 0 Å². The quantitative estimate of drug-likeness (QED) is 0.762. The van der Waals surface area contributed by atoms with Crippen molar-refractivity contribution in [2.45, 2.75) is 50.8 Å². The lowest BCUT2D eigenvalue weighted by molar-refractivity contribution is -0.270. The maximum atomic E-state index is 11.4. The molecule has 6 nitrogen and oxygen atoms in total. The summed E-state index contributed by atoms with van der Waals surface area (Å²) in [6.07, 6.45) is 0.197. The second-order valence-electron chi connectivity index (χ2n) is 5.73. The molecule has 1 aliphatic rings. The summed E-state index contributed by atoms with van der Waals surface area (Å²) < 4.78 is 39.3. The van der Waals surface area contributed by atoms with E-state index in [2.05, 4.69) is 0 Å². The van der Waals surface area contributed by atoms with Gasteiger partial charge in [0.15, 0.2) is 6.29 Å². The van der Waals surface area contributed by atoms with E-state index in [1.165, 1.54) is 0 Å². The van der Waals surface area contributed by atoms with Gasteiger partial charge in [0.25, 0.3) is 10.1 Å². The van der Waals surface area contributed by atoms with Gasteiger partial charge in [-0.3, -0.25) is 4.18 Å². The first-order chi connectivity index (χ1) is 10.9. The second-order valence-corrected chi connectivity index (χ2v) is 7.33. The van der Waals surface area contributed by atoms with E-state index in [9.17, 15) is 13.5 Å². The van der Waals surface area contributed by atoms with E-state index in [-0.39, 0.29) is 6.61 Å². The van der Waals surface area contributed by atoms with Crippen molar-refractivity contribution in [3.8, 4) is 0 Å². The monoisotopic (exact) mass is 344 g/mol. The number of benzene rings is 1. The van der Waals surface area contributed by atoms with Crippen molar-refractivity contribution in [2.24, 2.45) is 0 Å². The summed E-state index contributed by atoms with van der Waals surface area (Å²) in [5.41, 5.74) is 0.818. The number of unbranched alkanes of at least 4 members (excludes halogenated alkanes) is 1. The highest BCUT2D eigenvalue weighted by molar-refractivity contribution is 7.86. The summed E-state index contributed by atoms with van der Waals surface area (Å²) in [5.74, 6) is 0. The van der Waals surface area contributed by atoms with E-state index < -0.39 is 34.7 Å². The third-order valence-electron chi connectivity index (χ3n) is 3.66. The largest absolute Gasteiger partial charge is 0.390 e. The predicted octanol–water partition coefficient (Wildman–Crippen LogP) is 2.00. The Balaban J connectivity index is 2.13. The zero-order valence-corrected chi connectivity index (χ0v) is 14.2. The van der Waals surface area contributed by atoms with Gasteiger partial charge in [-0.05, 0) is 6.42 Å². The zero-order chi connectivity index (χ0) is 16.9. The summed E-state index contributed by atoms with van der Waals surface area (Å²) in [5, 5.41) is 10.4. The van der Waals surface area contributed by atoms with Crippen LogP contribution in [0.25, 0.3) is 0 Å². The van der Waals surface area contributed by atoms with Gasteiger partial charge in [-0.25, -0.2) is 0 Å². The summed E-state index contributed by atoms with van der Waals surface area (Å²) in [6, 6.07) is 9.33. The highest BCUT2D eigenvalue weighted by atomic mass is 32.2. The summed E-state index contributed by atoms with van der Waals surface area (Å²) >= 11 is 0. The van der Waals surface area contributed by atoms with Crippen LogP contribution in [0.1, 0.15) is 38.0 Å². The molecule has 1 saturated heterocycles. The third-order valence-corrected chi connectivity index (χ3v) is 4.26. The van der Waals surface area contributed by atoms with Crippen LogP contribution in [0.5, 0.6) is 0 Å². The Kier molecular flexibility index (Phi) is 6.55. The van der Waals surface area contributed by atoms with Crippen LogP contribution in [-0.4, -0.2) is 44.7 Å². The number of rotatable bonds is 7. The molecule has 4 unspecified atom stereocenters. The first-order valence-electron chi connectivity index (χ1n) is 7.79. The van der Waals surface area contributed by atoms with Crippen molar-refractivity contribution in [3.63, 3.8) is 0 Å². The summed E-state index contributed by atoms with van der Waals surface area (Å²) in [4.78, 5) is 0. The average Bonchev–Trinajstić information content (AvgIpc) is 2.52. The Morgan fingerprint density at radius 2 is 2.04 bits per heavy atom. The van der Waals surface area contributed by atoms with Crippen molar-refractivity contribution in [1.82, 2.24) is 0 Å². The fourth-order valence-electron chi connectivity index (χ4n) is 2.55. The van der Waals surface area contributed by atoms with Gasteiger partial charge >= 0.3 is 0 Å². The Morgan fingerprint density at radius 3 is 2.65 bits per heavy atom. The molecule has 1 aliphatic heterocycles. The molecule has 0 spiro atoms. The van der Waals surface area contributed by atoms with Gasteiger partial charge in [-0.2, -0.15) is 8.42 Å². The normalized spacial score (nSPS) is 26.8. The van der Waals surface area contributed by atoms with Gasteiger partial charge < -0.3 is 14.6 Å². The molecule has 7 heteroatoms. The maximum absolute atomic E-state index is 11.4. The van der Waals surface area contributed by atoms with Crippen LogP contribution >= 0.6 is 0 Å². The fourth-order valence-corrected chi connectivity index (χ4v) is 3.17. The highest BCUT2D eigenvalue weighted by Gasteiger charge is 2.39. The van der Waals surface area contributed by atoms with E-state index >= 15 is 0 Å². The SMILES string of the molecule is CCCCC(O)C1OC(c2ccccc2)OCC1OS(C)(=O)=O. The molecule has 1 aromatic carbocycles. The van der Waals surface area contributed by atoms with Crippen LogP contribution in [0, 0.1) is 0 Å². The van der Waals surface area contributed by atoms with E-state index in [0.29, 0.717) is 6.42 Å². The van der Waals surface area contributed by atoms with E-state index in [1.54, 1.807) is 0 Å². The molecule has 0 radical (unpaired) electrons. The molecule has 0 aliphatic carbocycles. The molecule has 23 heavy (non-hydrogen) atoms. The number of hydrogen-bond donors (Lipinski definition) is 1. The molecule has 2 rings (SSSR count). The molecule has 0 amide bonds. The van der Waals surface area contributed by atoms with Crippen molar-refractivity contribution < 1.29 is 27.2 Å². The van der Waals surface area contributed by atoms with Gasteiger partial charge in [0.2, 0.25) is 0 Å². The Hall–Kier alpha value is -0.990. The first kappa shape index (κ1) is 18.4. The molecular formula is C16H24O6S.